The molecule has 0 N–H and O–H groups in total. The molecule has 9 heteroatoms. The van der Waals surface area contributed by atoms with Crippen LogP contribution >= 0.6 is 0 Å². The minimum Gasteiger partial charge on any atom is -0.493 e. The van der Waals surface area contributed by atoms with E-state index in [0.29, 0.717) is 43.4 Å². The molecule has 0 radical (unpaired) electrons. The molecule has 2 rings (SSSR count). The Labute approximate surface area is 141 Å². The highest BCUT2D eigenvalue weighted by atomic mass is 32.2. The van der Waals surface area contributed by atoms with Crippen molar-refractivity contribution in [2.24, 2.45) is 0 Å². The fraction of sp³-hybridized carbons (Fsp3) is 0.533. The number of para-hydroxylation sites is 1. The average molecular weight is 358 g/mol. The molecule has 8 nitrogen and oxygen atoms in total. The summed E-state index contributed by atoms with van der Waals surface area (Å²) >= 11 is 0. The molecule has 134 valence electrons. The number of carbonyl (C=O) groups is 1. The summed E-state index contributed by atoms with van der Waals surface area (Å²) in [6.07, 6.45) is 1.17. The van der Waals surface area contributed by atoms with E-state index < -0.39 is 10.0 Å². The number of piperazine rings is 1. The highest BCUT2D eigenvalue weighted by Gasteiger charge is 2.26. The van der Waals surface area contributed by atoms with E-state index in [1.54, 1.807) is 23.1 Å². The van der Waals surface area contributed by atoms with Crippen molar-refractivity contribution >= 4 is 15.9 Å². The normalized spacial score (nSPS) is 15.9. The Balaban J connectivity index is 1.95. The zero-order chi connectivity index (χ0) is 17.7. The fourth-order valence-corrected chi connectivity index (χ4v) is 3.28. The average Bonchev–Trinajstić information content (AvgIpc) is 2.58. The molecule has 0 aromatic heterocycles. The predicted octanol–water partition coefficient (Wildman–Crippen LogP) is 0.186. The highest BCUT2D eigenvalue weighted by molar-refractivity contribution is 7.88. The van der Waals surface area contributed by atoms with Crippen LogP contribution in [0.3, 0.4) is 0 Å². The molecular weight excluding hydrogens is 336 g/mol. The standard InChI is InChI=1S/C15H22N2O6S/c1-21-12-5-4-6-13(22-2)15(12)23-11-14(18)16-7-9-17(10-8-16)24(3,19)20/h4-6H,7-11H2,1-3H3. The Morgan fingerprint density at radius 3 is 2.08 bits per heavy atom. The molecule has 0 atom stereocenters. The van der Waals surface area contributed by atoms with Crippen molar-refractivity contribution in [3.8, 4) is 17.2 Å². The van der Waals surface area contributed by atoms with Gasteiger partial charge in [-0.05, 0) is 12.1 Å². The number of hydrogen-bond acceptors (Lipinski definition) is 6. The molecule has 0 aliphatic carbocycles. The van der Waals surface area contributed by atoms with E-state index in [-0.39, 0.29) is 12.5 Å². The third kappa shape index (κ3) is 4.30. The van der Waals surface area contributed by atoms with Gasteiger partial charge in [-0.1, -0.05) is 6.07 Å². The SMILES string of the molecule is COc1cccc(OC)c1OCC(=O)N1CCN(S(C)(=O)=O)CC1. The number of nitrogens with zero attached hydrogens (tertiary/aromatic N) is 2. The minimum absolute atomic E-state index is 0.171. The maximum absolute atomic E-state index is 12.3. The lowest BCUT2D eigenvalue weighted by Gasteiger charge is -2.33. The van der Waals surface area contributed by atoms with E-state index >= 15 is 0 Å². The van der Waals surface area contributed by atoms with Crippen molar-refractivity contribution in [2.45, 2.75) is 0 Å². The summed E-state index contributed by atoms with van der Waals surface area (Å²) in [7, 11) is -0.202. The fourth-order valence-electron chi connectivity index (χ4n) is 2.45. The molecule has 0 bridgehead atoms. The summed E-state index contributed by atoms with van der Waals surface area (Å²) in [5, 5.41) is 0. The first kappa shape index (κ1) is 18.3. The van der Waals surface area contributed by atoms with Crippen LogP contribution in [0.5, 0.6) is 17.2 Å². The number of benzene rings is 1. The number of amides is 1. The van der Waals surface area contributed by atoms with Gasteiger partial charge < -0.3 is 19.1 Å². The molecule has 24 heavy (non-hydrogen) atoms. The first-order valence-electron chi connectivity index (χ1n) is 7.43. The van der Waals surface area contributed by atoms with Gasteiger partial charge in [0, 0.05) is 26.2 Å². The van der Waals surface area contributed by atoms with Crippen molar-refractivity contribution in [3.05, 3.63) is 18.2 Å². The van der Waals surface area contributed by atoms with E-state index in [2.05, 4.69) is 0 Å². The molecule has 1 saturated heterocycles. The third-order valence-corrected chi connectivity index (χ3v) is 5.09. The van der Waals surface area contributed by atoms with Crippen molar-refractivity contribution in [1.29, 1.82) is 0 Å². The first-order valence-corrected chi connectivity index (χ1v) is 9.28. The molecule has 1 aliphatic heterocycles. The summed E-state index contributed by atoms with van der Waals surface area (Å²) in [5.74, 6) is 1.11. The molecule has 0 unspecified atom stereocenters. The smallest absolute Gasteiger partial charge is 0.260 e. The second-order valence-electron chi connectivity index (χ2n) is 5.32. The summed E-state index contributed by atoms with van der Waals surface area (Å²) in [4.78, 5) is 13.9. The quantitative estimate of drug-likeness (QED) is 0.721. The van der Waals surface area contributed by atoms with Crippen LogP contribution in [0.25, 0.3) is 0 Å². The lowest BCUT2D eigenvalue weighted by atomic mass is 10.3. The summed E-state index contributed by atoms with van der Waals surface area (Å²) in [6, 6.07) is 5.19. The lowest BCUT2D eigenvalue weighted by Crippen LogP contribution is -2.51. The summed E-state index contributed by atoms with van der Waals surface area (Å²) in [5.41, 5.74) is 0. The summed E-state index contributed by atoms with van der Waals surface area (Å²) in [6.45, 7) is 1.11. The number of methoxy groups -OCH3 is 2. The van der Waals surface area contributed by atoms with Crippen LogP contribution in [0.4, 0.5) is 0 Å². The molecule has 1 amide bonds. The van der Waals surface area contributed by atoms with Gasteiger partial charge in [-0.3, -0.25) is 4.79 Å². The largest absolute Gasteiger partial charge is 0.493 e. The lowest BCUT2D eigenvalue weighted by molar-refractivity contribution is -0.134. The third-order valence-electron chi connectivity index (χ3n) is 3.78. The number of hydrogen-bond donors (Lipinski definition) is 0. The second-order valence-corrected chi connectivity index (χ2v) is 7.31. The predicted molar refractivity (Wildman–Crippen MR) is 88.0 cm³/mol. The van der Waals surface area contributed by atoms with Crippen molar-refractivity contribution in [3.63, 3.8) is 0 Å². The molecule has 1 aromatic rings. The molecule has 1 heterocycles. The Hall–Kier alpha value is -2.00. The van der Waals surface area contributed by atoms with Gasteiger partial charge in [-0.25, -0.2) is 8.42 Å². The molecule has 1 aromatic carbocycles. The van der Waals surface area contributed by atoms with Gasteiger partial charge in [0.1, 0.15) is 0 Å². The maximum atomic E-state index is 12.3. The van der Waals surface area contributed by atoms with Crippen LogP contribution in [-0.4, -0.2) is 76.8 Å². The zero-order valence-electron chi connectivity index (χ0n) is 14.0. The number of rotatable bonds is 6. The van der Waals surface area contributed by atoms with Gasteiger partial charge in [-0.15, -0.1) is 0 Å². The maximum Gasteiger partial charge on any atom is 0.260 e. The van der Waals surface area contributed by atoms with Gasteiger partial charge in [0.2, 0.25) is 15.8 Å². The van der Waals surface area contributed by atoms with Gasteiger partial charge in [-0.2, -0.15) is 4.31 Å². The van der Waals surface area contributed by atoms with E-state index in [1.165, 1.54) is 24.8 Å². The minimum atomic E-state index is -3.22. The number of sulfonamides is 1. The van der Waals surface area contributed by atoms with Gasteiger partial charge in [0.25, 0.3) is 5.91 Å². The molecular formula is C15H22N2O6S. The zero-order valence-corrected chi connectivity index (χ0v) is 14.8. The molecule has 1 fully saturated rings. The van der Waals surface area contributed by atoms with Gasteiger partial charge in [0.15, 0.2) is 18.1 Å². The Morgan fingerprint density at radius 2 is 1.62 bits per heavy atom. The molecule has 0 spiro atoms. The Kier molecular flexibility index (Phi) is 5.89. The monoisotopic (exact) mass is 358 g/mol. The van der Waals surface area contributed by atoms with Crippen LogP contribution in [0, 0.1) is 0 Å². The first-order chi connectivity index (χ1) is 11.4. The van der Waals surface area contributed by atoms with E-state index in [4.69, 9.17) is 14.2 Å². The van der Waals surface area contributed by atoms with E-state index in [9.17, 15) is 13.2 Å². The molecule has 1 aliphatic rings. The van der Waals surface area contributed by atoms with Gasteiger partial charge >= 0.3 is 0 Å². The Morgan fingerprint density at radius 1 is 1.08 bits per heavy atom. The van der Waals surface area contributed by atoms with Crippen LogP contribution < -0.4 is 14.2 Å². The van der Waals surface area contributed by atoms with Crippen LogP contribution in [0.2, 0.25) is 0 Å². The van der Waals surface area contributed by atoms with E-state index in [1.807, 2.05) is 0 Å². The van der Waals surface area contributed by atoms with Crippen molar-refractivity contribution < 1.29 is 27.4 Å². The molecule has 0 saturated carbocycles. The van der Waals surface area contributed by atoms with E-state index in [0.717, 1.165) is 0 Å². The second kappa shape index (κ2) is 7.71. The topological polar surface area (TPSA) is 85.4 Å². The summed E-state index contributed by atoms with van der Waals surface area (Å²) < 4.78 is 40.3. The number of ether oxygens (including phenoxy) is 3. The van der Waals surface area contributed by atoms with Crippen molar-refractivity contribution in [1.82, 2.24) is 9.21 Å². The Bertz CT molecular complexity index is 661. The van der Waals surface area contributed by atoms with Gasteiger partial charge in [0.05, 0.1) is 20.5 Å². The van der Waals surface area contributed by atoms with Crippen LogP contribution in [0.15, 0.2) is 18.2 Å². The van der Waals surface area contributed by atoms with Crippen LogP contribution in [-0.2, 0) is 14.8 Å². The van der Waals surface area contributed by atoms with Crippen LogP contribution in [0.1, 0.15) is 0 Å². The highest BCUT2D eigenvalue weighted by Crippen LogP contribution is 2.36. The van der Waals surface area contributed by atoms with Crippen molar-refractivity contribution in [2.75, 3.05) is 53.3 Å². The number of carbonyl (C=O) groups excluding carboxylic acids is 1.